The van der Waals surface area contributed by atoms with Crippen LogP contribution in [-0.2, 0) is 11.2 Å². The van der Waals surface area contributed by atoms with Crippen molar-refractivity contribution in [1.29, 1.82) is 0 Å². The van der Waals surface area contributed by atoms with Crippen LogP contribution >= 0.6 is 0 Å². The molecule has 0 heterocycles. The van der Waals surface area contributed by atoms with Gasteiger partial charge >= 0.3 is 0 Å². The summed E-state index contributed by atoms with van der Waals surface area (Å²) in [5.41, 5.74) is 3.53. The Bertz CT molecular complexity index is 452. The number of allylic oxidation sites excluding steroid dienone is 4. The minimum absolute atomic E-state index is 0.304. The summed E-state index contributed by atoms with van der Waals surface area (Å²) in [4.78, 5) is 11.5. The number of rotatable bonds is 4. The van der Waals surface area contributed by atoms with Gasteiger partial charge in [0, 0.05) is 12.0 Å². The van der Waals surface area contributed by atoms with Gasteiger partial charge in [-0.15, -0.1) is 0 Å². The number of ketones is 1. The lowest BCUT2D eigenvalue weighted by Gasteiger charge is -1.97. The zero-order valence-corrected chi connectivity index (χ0v) is 10.3. The number of carbonyl (C=O) groups excluding carboxylic acids is 1. The molecule has 17 heavy (non-hydrogen) atoms. The van der Waals surface area contributed by atoms with E-state index in [0.717, 1.165) is 24.8 Å². The van der Waals surface area contributed by atoms with Gasteiger partial charge in [0.15, 0.2) is 5.78 Å². The van der Waals surface area contributed by atoms with Crippen LogP contribution in [0.2, 0.25) is 0 Å². The maximum atomic E-state index is 11.5. The number of hydrogen-bond acceptors (Lipinski definition) is 1. The van der Waals surface area contributed by atoms with Crippen LogP contribution in [-0.4, -0.2) is 5.78 Å². The molecule has 0 amide bonds. The molecule has 0 aliphatic heterocycles. The molecule has 1 heteroatoms. The van der Waals surface area contributed by atoms with E-state index >= 15 is 0 Å². The Kier molecular flexibility index (Phi) is 3.92. The fourth-order valence-electron chi connectivity index (χ4n) is 2.14. The van der Waals surface area contributed by atoms with Gasteiger partial charge in [0.1, 0.15) is 0 Å². The topological polar surface area (TPSA) is 17.1 Å². The van der Waals surface area contributed by atoms with E-state index in [1.807, 2.05) is 12.1 Å². The lowest BCUT2D eigenvalue weighted by Crippen LogP contribution is -1.92. The summed E-state index contributed by atoms with van der Waals surface area (Å²) in [5, 5.41) is 0. The molecule has 0 unspecified atom stereocenters. The minimum Gasteiger partial charge on any atom is -0.294 e. The fourth-order valence-corrected chi connectivity index (χ4v) is 2.14. The maximum Gasteiger partial charge on any atom is 0.163 e. The first-order valence-corrected chi connectivity index (χ1v) is 6.21. The van der Waals surface area contributed by atoms with Gasteiger partial charge in [0.25, 0.3) is 0 Å². The van der Waals surface area contributed by atoms with Gasteiger partial charge in [-0.3, -0.25) is 4.79 Å². The molecule has 0 saturated heterocycles. The average molecular weight is 226 g/mol. The second kappa shape index (κ2) is 5.62. The molecule has 1 aromatic rings. The Morgan fingerprint density at radius 2 is 1.94 bits per heavy atom. The summed E-state index contributed by atoms with van der Waals surface area (Å²) < 4.78 is 0. The molecule has 0 fully saturated rings. The van der Waals surface area contributed by atoms with Crippen LogP contribution in [0.5, 0.6) is 0 Å². The number of Topliss-reactive ketones (excluding diaryl/α,β-unsaturated/α-hetero) is 1. The third kappa shape index (κ3) is 3.16. The average Bonchev–Trinajstić information content (AvgIpc) is 2.67. The van der Waals surface area contributed by atoms with Crippen molar-refractivity contribution in [2.24, 2.45) is 0 Å². The molecule has 0 saturated carbocycles. The molecular formula is C16H18O. The summed E-state index contributed by atoms with van der Waals surface area (Å²) >= 11 is 0. The highest BCUT2D eigenvalue weighted by Crippen LogP contribution is 2.23. The lowest BCUT2D eigenvalue weighted by molar-refractivity contribution is -0.114. The summed E-state index contributed by atoms with van der Waals surface area (Å²) in [7, 11) is 0. The second-order valence-electron chi connectivity index (χ2n) is 4.54. The van der Waals surface area contributed by atoms with Crippen LogP contribution in [0.3, 0.4) is 0 Å². The van der Waals surface area contributed by atoms with Crippen LogP contribution in [0.25, 0.3) is 0 Å². The fraction of sp³-hybridized carbons (Fsp3) is 0.312. The van der Waals surface area contributed by atoms with Crippen molar-refractivity contribution in [3.8, 4) is 0 Å². The predicted molar refractivity (Wildman–Crippen MR) is 70.8 cm³/mol. The summed E-state index contributed by atoms with van der Waals surface area (Å²) in [6.07, 6.45) is 7.80. The Balaban J connectivity index is 1.87. The van der Waals surface area contributed by atoms with Crippen molar-refractivity contribution in [2.75, 3.05) is 0 Å². The van der Waals surface area contributed by atoms with E-state index in [2.05, 4.69) is 37.3 Å². The van der Waals surface area contributed by atoms with Gasteiger partial charge in [0.05, 0.1) is 0 Å². The highest BCUT2D eigenvalue weighted by Gasteiger charge is 2.16. The van der Waals surface area contributed by atoms with Crippen molar-refractivity contribution in [3.63, 3.8) is 0 Å². The summed E-state index contributed by atoms with van der Waals surface area (Å²) in [6, 6.07) is 10.4. The molecule has 88 valence electrons. The van der Waals surface area contributed by atoms with Crippen LogP contribution < -0.4 is 0 Å². The highest BCUT2D eigenvalue weighted by atomic mass is 16.1. The van der Waals surface area contributed by atoms with Crippen molar-refractivity contribution in [1.82, 2.24) is 0 Å². The van der Waals surface area contributed by atoms with E-state index in [0.29, 0.717) is 12.2 Å². The predicted octanol–water partition coefficient (Wildman–Crippen LogP) is 3.85. The van der Waals surface area contributed by atoms with Gasteiger partial charge in [-0.1, -0.05) is 48.1 Å². The Labute approximate surface area is 103 Å². The second-order valence-corrected chi connectivity index (χ2v) is 4.54. The molecule has 0 radical (unpaired) electrons. The summed E-state index contributed by atoms with van der Waals surface area (Å²) in [6.45, 7) is 2.06. The van der Waals surface area contributed by atoms with E-state index in [1.165, 1.54) is 11.1 Å². The van der Waals surface area contributed by atoms with Gasteiger partial charge in [-0.05, 0) is 31.7 Å². The third-order valence-electron chi connectivity index (χ3n) is 3.21. The van der Waals surface area contributed by atoms with Crippen LogP contribution in [0.1, 0.15) is 31.7 Å². The Morgan fingerprint density at radius 1 is 1.18 bits per heavy atom. The minimum atomic E-state index is 0.304. The van der Waals surface area contributed by atoms with Gasteiger partial charge in [-0.25, -0.2) is 0 Å². The normalized spacial score (nSPS) is 16.2. The lowest BCUT2D eigenvalue weighted by atomic mass is 10.1. The standard InChI is InChI=1S/C16H18O/c1-13-11-12-16(17)15(13)10-6-5-9-14-7-3-2-4-8-14/h2-4,6-8,10H,5,9,11-12H2,1H3/b10-6-. The smallest absolute Gasteiger partial charge is 0.163 e. The molecule has 1 aliphatic rings. The monoisotopic (exact) mass is 226 g/mol. The maximum absolute atomic E-state index is 11.5. The number of benzene rings is 1. The molecule has 1 aliphatic carbocycles. The first-order valence-electron chi connectivity index (χ1n) is 6.21. The van der Waals surface area contributed by atoms with Crippen LogP contribution in [0, 0.1) is 0 Å². The van der Waals surface area contributed by atoms with Gasteiger partial charge in [-0.2, -0.15) is 0 Å². The zero-order valence-electron chi connectivity index (χ0n) is 10.3. The molecule has 0 N–H and O–H groups in total. The Hall–Kier alpha value is -1.63. The van der Waals surface area contributed by atoms with Gasteiger partial charge < -0.3 is 0 Å². The number of hydrogen-bond donors (Lipinski definition) is 0. The van der Waals surface area contributed by atoms with E-state index in [-0.39, 0.29) is 0 Å². The number of aryl methyl sites for hydroxylation is 1. The first kappa shape index (κ1) is 11.8. The van der Waals surface area contributed by atoms with E-state index in [4.69, 9.17) is 0 Å². The summed E-state index contributed by atoms with van der Waals surface area (Å²) in [5.74, 6) is 0.304. The van der Waals surface area contributed by atoms with Crippen molar-refractivity contribution >= 4 is 5.78 Å². The number of carbonyl (C=O) groups is 1. The molecule has 0 atom stereocenters. The first-order chi connectivity index (χ1) is 8.27. The van der Waals surface area contributed by atoms with Gasteiger partial charge in [0.2, 0.25) is 0 Å². The van der Waals surface area contributed by atoms with E-state index in [1.54, 1.807) is 0 Å². The van der Waals surface area contributed by atoms with Crippen molar-refractivity contribution in [3.05, 3.63) is 59.2 Å². The van der Waals surface area contributed by atoms with E-state index in [9.17, 15) is 4.79 Å². The molecule has 0 aromatic heterocycles. The SMILES string of the molecule is CC1=C(/C=C\CCc2ccccc2)C(=O)CC1. The van der Waals surface area contributed by atoms with Crippen LogP contribution in [0.15, 0.2) is 53.6 Å². The third-order valence-corrected chi connectivity index (χ3v) is 3.21. The molecular weight excluding hydrogens is 208 g/mol. The molecule has 1 aromatic carbocycles. The molecule has 1 nitrogen and oxygen atoms in total. The van der Waals surface area contributed by atoms with Crippen molar-refractivity contribution in [2.45, 2.75) is 32.6 Å². The van der Waals surface area contributed by atoms with E-state index < -0.39 is 0 Å². The van der Waals surface area contributed by atoms with Crippen LogP contribution in [0.4, 0.5) is 0 Å². The van der Waals surface area contributed by atoms with Crippen molar-refractivity contribution < 1.29 is 4.79 Å². The highest BCUT2D eigenvalue weighted by molar-refractivity contribution is 6.01. The molecule has 0 bridgehead atoms. The molecule has 2 rings (SSSR count). The molecule has 0 spiro atoms. The zero-order chi connectivity index (χ0) is 12.1. The largest absolute Gasteiger partial charge is 0.294 e. The Morgan fingerprint density at radius 3 is 2.59 bits per heavy atom. The quantitative estimate of drug-likeness (QED) is 0.762.